The summed E-state index contributed by atoms with van der Waals surface area (Å²) in [5.74, 6) is -1.54. The first-order chi connectivity index (χ1) is 13.5. The molecule has 0 spiro atoms. The van der Waals surface area contributed by atoms with Crippen LogP contribution in [-0.2, 0) is 23.1 Å². The highest BCUT2D eigenvalue weighted by Gasteiger charge is 2.45. The van der Waals surface area contributed by atoms with Gasteiger partial charge in [0, 0.05) is 37.3 Å². The Kier molecular flexibility index (Phi) is 4.86. The van der Waals surface area contributed by atoms with Crippen LogP contribution in [0, 0.1) is 11.8 Å². The first kappa shape index (κ1) is 18.2. The molecular formula is C22H23N3O3. The van der Waals surface area contributed by atoms with Gasteiger partial charge in [0.05, 0.1) is 12.2 Å². The molecule has 2 N–H and O–H groups in total. The van der Waals surface area contributed by atoms with E-state index < -0.39 is 11.9 Å². The number of aromatic nitrogens is 2. The SMILES string of the molecule is Cn1cncc1[C@@H]1C[C@H]1C(=O)NCC(Cc1ccc2ccccc2c1)C(=O)O. The molecule has 1 heterocycles. The van der Waals surface area contributed by atoms with Crippen LogP contribution in [0.15, 0.2) is 55.0 Å². The standard InChI is InChI=1S/C22H23N3O3/c1-25-13-23-12-20(25)18-10-19(18)21(26)24-11-17(22(27)28)9-14-6-7-15-4-2-3-5-16(15)8-14/h2-8,12-13,17-19H,9-11H2,1H3,(H,24,26)(H,27,28)/t17?,18-,19-/m1/s1. The van der Waals surface area contributed by atoms with Gasteiger partial charge in [-0.15, -0.1) is 0 Å². The van der Waals surface area contributed by atoms with E-state index in [1.54, 1.807) is 12.5 Å². The van der Waals surface area contributed by atoms with Gasteiger partial charge in [0.2, 0.25) is 5.91 Å². The summed E-state index contributed by atoms with van der Waals surface area (Å²) in [7, 11) is 1.92. The number of amides is 1. The average molecular weight is 377 g/mol. The summed E-state index contributed by atoms with van der Waals surface area (Å²) in [5, 5.41) is 14.7. The number of carboxylic acids is 1. The van der Waals surface area contributed by atoms with E-state index in [-0.39, 0.29) is 24.3 Å². The van der Waals surface area contributed by atoms with Crippen molar-refractivity contribution in [2.75, 3.05) is 6.54 Å². The van der Waals surface area contributed by atoms with Crippen molar-refractivity contribution in [3.8, 4) is 0 Å². The average Bonchev–Trinajstić information content (AvgIpc) is 3.37. The van der Waals surface area contributed by atoms with Crippen LogP contribution in [0.1, 0.15) is 23.6 Å². The van der Waals surface area contributed by atoms with Crippen LogP contribution in [-0.4, -0.2) is 33.1 Å². The van der Waals surface area contributed by atoms with Crippen LogP contribution in [0.25, 0.3) is 10.8 Å². The van der Waals surface area contributed by atoms with E-state index in [2.05, 4.69) is 10.3 Å². The Morgan fingerprint density at radius 2 is 2.04 bits per heavy atom. The summed E-state index contributed by atoms with van der Waals surface area (Å²) in [6, 6.07) is 14.0. The fourth-order valence-corrected chi connectivity index (χ4v) is 3.79. The topological polar surface area (TPSA) is 84.2 Å². The van der Waals surface area contributed by atoms with Crippen molar-refractivity contribution in [2.24, 2.45) is 18.9 Å². The summed E-state index contributed by atoms with van der Waals surface area (Å²) >= 11 is 0. The zero-order valence-electron chi connectivity index (χ0n) is 15.7. The molecule has 3 aromatic rings. The molecule has 0 radical (unpaired) electrons. The van der Waals surface area contributed by atoms with Crippen molar-refractivity contribution in [1.82, 2.24) is 14.9 Å². The third kappa shape index (κ3) is 3.76. The number of imidazole rings is 1. The van der Waals surface area contributed by atoms with Crippen molar-refractivity contribution in [1.29, 1.82) is 0 Å². The second-order valence-corrected chi connectivity index (χ2v) is 7.54. The molecule has 1 saturated carbocycles. The van der Waals surface area contributed by atoms with Crippen LogP contribution in [0.4, 0.5) is 0 Å². The number of aryl methyl sites for hydroxylation is 1. The minimum atomic E-state index is -0.896. The molecular weight excluding hydrogens is 354 g/mol. The van der Waals surface area contributed by atoms with Gasteiger partial charge in [-0.2, -0.15) is 0 Å². The highest BCUT2D eigenvalue weighted by molar-refractivity contribution is 5.84. The smallest absolute Gasteiger partial charge is 0.308 e. The van der Waals surface area contributed by atoms with Gasteiger partial charge in [0.1, 0.15) is 0 Å². The second kappa shape index (κ2) is 7.46. The third-order valence-corrected chi connectivity index (χ3v) is 5.53. The summed E-state index contributed by atoms with van der Waals surface area (Å²) in [6.45, 7) is 0.135. The molecule has 6 heteroatoms. The van der Waals surface area contributed by atoms with E-state index in [0.717, 1.165) is 28.5 Å². The summed E-state index contributed by atoms with van der Waals surface area (Å²) in [5.41, 5.74) is 2.01. The number of aliphatic carboxylic acids is 1. The van der Waals surface area contributed by atoms with Crippen LogP contribution in [0.5, 0.6) is 0 Å². The summed E-state index contributed by atoms with van der Waals surface area (Å²) in [6.07, 6.45) is 4.69. The fourth-order valence-electron chi connectivity index (χ4n) is 3.79. The van der Waals surface area contributed by atoms with E-state index in [4.69, 9.17) is 0 Å². The number of benzene rings is 2. The van der Waals surface area contributed by atoms with Gasteiger partial charge in [-0.1, -0.05) is 42.5 Å². The number of hydrogen-bond donors (Lipinski definition) is 2. The Hall–Kier alpha value is -3.15. The molecule has 6 nitrogen and oxygen atoms in total. The molecule has 28 heavy (non-hydrogen) atoms. The first-order valence-corrected chi connectivity index (χ1v) is 9.47. The zero-order chi connectivity index (χ0) is 19.7. The van der Waals surface area contributed by atoms with Crippen molar-refractivity contribution in [3.05, 3.63) is 66.2 Å². The van der Waals surface area contributed by atoms with Crippen LogP contribution < -0.4 is 5.32 Å². The van der Waals surface area contributed by atoms with E-state index in [1.165, 1.54) is 0 Å². The molecule has 3 atom stereocenters. The Morgan fingerprint density at radius 3 is 2.75 bits per heavy atom. The van der Waals surface area contributed by atoms with Crippen LogP contribution >= 0.6 is 0 Å². The van der Waals surface area contributed by atoms with Gasteiger partial charge in [0.25, 0.3) is 0 Å². The molecule has 1 aliphatic carbocycles. The summed E-state index contributed by atoms with van der Waals surface area (Å²) in [4.78, 5) is 28.2. The monoisotopic (exact) mass is 377 g/mol. The molecule has 2 aromatic carbocycles. The van der Waals surface area contributed by atoms with Crippen molar-refractivity contribution < 1.29 is 14.7 Å². The van der Waals surface area contributed by atoms with Gasteiger partial charge >= 0.3 is 5.97 Å². The highest BCUT2D eigenvalue weighted by Crippen LogP contribution is 2.47. The minimum absolute atomic E-state index is 0.0732. The predicted octanol–water partition coefficient (Wildman–Crippen LogP) is 2.74. The van der Waals surface area contributed by atoms with Gasteiger partial charge < -0.3 is 15.0 Å². The van der Waals surface area contributed by atoms with E-state index in [1.807, 2.05) is 54.1 Å². The Labute approximate surface area is 163 Å². The second-order valence-electron chi connectivity index (χ2n) is 7.54. The van der Waals surface area contributed by atoms with Gasteiger partial charge in [0.15, 0.2) is 0 Å². The molecule has 144 valence electrons. The molecule has 0 aliphatic heterocycles. The molecule has 1 unspecified atom stereocenters. The lowest BCUT2D eigenvalue weighted by molar-refractivity contribution is -0.141. The lowest BCUT2D eigenvalue weighted by Crippen LogP contribution is -2.35. The molecule has 4 rings (SSSR count). The molecule has 1 fully saturated rings. The Balaban J connectivity index is 1.37. The maximum Gasteiger partial charge on any atom is 0.308 e. The molecule has 0 bridgehead atoms. The minimum Gasteiger partial charge on any atom is -0.481 e. The molecule has 1 amide bonds. The Morgan fingerprint density at radius 1 is 1.25 bits per heavy atom. The number of nitrogens with zero attached hydrogens (tertiary/aromatic N) is 2. The largest absolute Gasteiger partial charge is 0.481 e. The quantitative estimate of drug-likeness (QED) is 0.663. The lowest BCUT2D eigenvalue weighted by atomic mass is 9.97. The zero-order valence-corrected chi connectivity index (χ0v) is 15.7. The van der Waals surface area contributed by atoms with E-state index >= 15 is 0 Å². The highest BCUT2D eigenvalue weighted by atomic mass is 16.4. The van der Waals surface area contributed by atoms with E-state index in [0.29, 0.717) is 6.42 Å². The van der Waals surface area contributed by atoms with Crippen LogP contribution in [0.3, 0.4) is 0 Å². The molecule has 1 aromatic heterocycles. The maximum atomic E-state index is 12.4. The van der Waals surface area contributed by atoms with Gasteiger partial charge in [-0.3, -0.25) is 9.59 Å². The predicted molar refractivity (Wildman–Crippen MR) is 106 cm³/mol. The van der Waals surface area contributed by atoms with Gasteiger partial charge in [-0.25, -0.2) is 4.98 Å². The Bertz CT molecular complexity index is 1030. The van der Waals surface area contributed by atoms with Gasteiger partial charge in [-0.05, 0) is 29.2 Å². The van der Waals surface area contributed by atoms with Crippen molar-refractivity contribution in [2.45, 2.75) is 18.8 Å². The van der Waals surface area contributed by atoms with Crippen molar-refractivity contribution in [3.63, 3.8) is 0 Å². The number of hydrogen-bond acceptors (Lipinski definition) is 3. The summed E-state index contributed by atoms with van der Waals surface area (Å²) < 4.78 is 1.93. The van der Waals surface area contributed by atoms with Crippen LogP contribution in [0.2, 0.25) is 0 Å². The maximum absolute atomic E-state index is 12.4. The normalized spacial score (nSPS) is 19.3. The third-order valence-electron chi connectivity index (χ3n) is 5.53. The van der Waals surface area contributed by atoms with E-state index in [9.17, 15) is 14.7 Å². The first-order valence-electron chi connectivity index (χ1n) is 9.47. The van der Waals surface area contributed by atoms with Crippen molar-refractivity contribution >= 4 is 22.6 Å². The molecule has 1 aliphatic rings. The number of fused-ring (bicyclic) bond motifs is 1. The number of nitrogens with one attached hydrogen (secondary N) is 1. The lowest BCUT2D eigenvalue weighted by Gasteiger charge is -2.14. The molecule has 0 saturated heterocycles. The number of carbonyl (C=O) groups is 2. The number of rotatable bonds is 7. The fraction of sp³-hybridized carbons (Fsp3) is 0.318. The number of carbonyl (C=O) groups excluding carboxylic acids is 1. The number of carboxylic acid groups (broad SMARTS) is 1.